The first-order valence-electron chi connectivity index (χ1n) is 24.9. The highest BCUT2D eigenvalue weighted by molar-refractivity contribution is 6.28. The van der Waals surface area contributed by atoms with Crippen molar-refractivity contribution in [2.45, 2.75) is 87.9 Å². The molecule has 0 N–H and O–H groups in total. The van der Waals surface area contributed by atoms with E-state index < -0.39 is 0 Å². The molecule has 4 unspecified atom stereocenters. The fourth-order valence-corrected chi connectivity index (χ4v) is 16.5. The van der Waals surface area contributed by atoms with E-state index in [0.29, 0.717) is 23.7 Å². The number of rotatable bonds is 3. The molecule has 4 fully saturated rings. The van der Waals surface area contributed by atoms with Crippen LogP contribution in [0.2, 0.25) is 0 Å². The first-order valence-corrected chi connectivity index (χ1v) is 24.9. The zero-order chi connectivity index (χ0) is 43.1. The molecule has 4 heteroatoms. The van der Waals surface area contributed by atoms with Gasteiger partial charge in [0.1, 0.15) is 11.2 Å². The molecule has 0 saturated heterocycles. The SMILES string of the molecule is N#Cc1cc2c(c3c1C1CC4CC(C1)CC3C4)c1cc(-c3c(-c4ccccc4)cc(-c4ccccc4)c4c3oc3ccccc34)cc3c4c5c(c(C#N)cc4n2c13)C1CC2CC(C1)CC5C2. The molecule has 0 radical (unpaired) electrons. The normalized spacial score (nSPS) is 25.8. The number of fused-ring (bicyclic) bond motifs is 9. The van der Waals surface area contributed by atoms with E-state index in [9.17, 15) is 10.5 Å². The summed E-state index contributed by atoms with van der Waals surface area (Å²) in [6.45, 7) is 0. The highest BCUT2D eigenvalue weighted by atomic mass is 16.3. The van der Waals surface area contributed by atoms with Gasteiger partial charge in [0.2, 0.25) is 0 Å². The van der Waals surface area contributed by atoms with E-state index in [1.807, 2.05) is 0 Å². The maximum absolute atomic E-state index is 11.2. The van der Waals surface area contributed by atoms with Gasteiger partial charge in [-0.1, -0.05) is 78.9 Å². The largest absolute Gasteiger partial charge is 0.455 e. The van der Waals surface area contributed by atoms with Crippen molar-refractivity contribution >= 4 is 60.0 Å². The van der Waals surface area contributed by atoms with Crippen LogP contribution in [-0.4, -0.2) is 4.40 Å². The molecule has 0 spiro atoms. The van der Waals surface area contributed by atoms with Crippen LogP contribution in [0.3, 0.4) is 0 Å². The number of nitrogens with zero attached hydrogens (tertiary/aromatic N) is 3. The van der Waals surface area contributed by atoms with Gasteiger partial charge in [0.15, 0.2) is 0 Å². The lowest BCUT2D eigenvalue weighted by molar-refractivity contribution is 0.166. The lowest BCUT2D eigenvalue weighted by Gasteiger charge is -2.38. The summed E-state index contributed by atoms with van der Waals surface area (Å²) in [7, 11) is 0. The number of benzene rings is 7. The third kappa shape index (κ3) is 4.68. The van der Waals surface area contributed by atoms with E-state index in [1.54, 1.807) is 0 Å². The van der Waals surface area contributed by atoms with Crippen molar-refractivity contribution < 1.29 is 4.42 Å². The topological polar surface area (TPSA) is 65.1 Å². The number of aromatic nitrogens is 1. The molecule has 7 aromatic carbocycles. The van der Waals surface area contributed by atoms with Gasteiger partial charge in [-0.15, -0.1) is 0 Å². The van der Waals surface area contributed by atoms with E-state index in [4.69, 9.17) is 4.42 Å². The number of hydrogen-bond acceptors (Lipinski definition) is 3. The average molecular weight is 850 g/mol. The Labute approximate surface area is 383 Å². The van der Waals surface area contributed by atoms with E-state index in [2.05, 4.69) is 132 Å². The van der Waals surface area contributed by atoms with Gasteiger partial charge in [0, 0.05) is 37.9 Å². The van der Waals surface area contributed by atoms with Crippen LogP contribution in [0, 0.1) is 46.3 Å². The van der Waals surface area contributed by atoms with Gasteiger partial charge < -0.3 is 8.82 Å². The average Bonchev–Trinajstić information content (AvgIpc) is 3.92. The molecule has 18 rings (SSSR count). The van der Waals surface area contributed by atoms with Crippen LogP contribution in [-0.2, 0) is 0 Å². The zero-order valence-corrected chi connectivity index (χ0v) is 36.9. The first-order chi connectivity index (χ1) is 32.6. The summed E-state index contributed by atoms with van der Waals surface area (Å²) < 4.78 is 9.79. The van der Waals surface area contributed by atoms with Gasteiger partial charge in [-0.05, 0) is 198 Å². The molecular formula is C62H47N3O. The number of para-hydroxylation sites is 1. The summed E-state index contributed by atoms with van der Waals surface area (Å²) in [5, 5.41) is 29.9. The summed E-state index contributed by atoms with van der Waals surface area (Å²) in [6.07, 6.45) is 12.4. The minimum Gasteiger partial charge on any atom is -0.455 e. The lowest BCUT2D eigenvalue weighted by atomic mass is 9.67. The zero-order valence-electron chi connectivity index (χ0n) is 36.9. The molecule has 316 valence electrons. The Bertz CT molecular complexity index is 3680. The molecule has 10 aromatic rings. The first kappa shape index (κ1) is 36.4. The van der Waals surface area contributed by atoms with Crippen LogP contribution in [0.1, 0.15) is 121 Å². The van der Waals surface area contributed by atoms with Crippen LogP contribution in [0.4, 0.5) is 0 Å². The van der Waals surface area contributed by atoms with Crippen molar-refractivity contribution in [3.05, 3.63) is 149 Å². The predicted molar refractivity (Wildman–Crippen MR) is 265 cm³/mol. The third-order valence-electron chi connectivity index (χ3n) is 18.4. The van der Waals surface area contributed by atoms with Gasteiger partial charge in [-0.25, -0.2) is 0 Å². The molecule has 3 aromatic heterocycles. The molecular weight excluding hydrogens is 803 g/mol. The Morgan fingerprint density at radius 2 is 0.909 bits per heavy atom. The molecule has 0 amide bonds. The summed E-state index contributed by atoms with van der Waals surface area (Å²) >= 11 is 0. The van der Waals surface area contributed by atoms with Gasteiger partial charge in [0.25, 0.3) is 0 Å². The third-order valence-corrected chi connectivity index (χ3v) is 18.4. The summed E-state index contributed by atoms with van der Waals surface area (Å²) in [5.41, 5.74) is 19.7. The molecule has 4 nitrogen and oxygen atoms in total. The van der Waals surface area contributed by atoms with E-state index in [1.165, 1.54) is 130 Å². The van der Waals surface area contributed by atoms with Crippen LogP contribution >= 0.6 is 0 Å². The van der Waals surface area contributed by atoms with E-state index >= 15 is 0 Å². The molecule has 8 bridgehead atoms. The van der Waals surface area contributed by atoms with E-state index in [0.717, 1.165) is 84.5 Å². The van der Waals surface area contributed by atoms with Gasteiger partial charge in [-0.2, -0.15) is 10.5 Å². The Morgan fingerprint density at radius 1 is 0.439 bits per heavy atom. The quantitative estimate of drug-likeness (QED) is 0.178. The summed E-state index contributed by atoms with van der Waals surface area (Å²) in [6, 6.07) is 48.0. The number of furan rings is 1. The Balaban J connectivity index is 1.12. The van der Waals surface area contributed by atoms with Crippen LogP contribution < -0.4 is 0 Å². The van der Waals surface area contributed by atoms with Gasteiger partial charge >= 0.3 is 0 Å². The van der Waals surface area contributed by atoms with E-state index in [-0.39, 0.29) is 0 Å². The van der Waals surface area contributed by atoms with Crippen LogP contribution in [0.15, 0.2) is 120 Å². The van der Waals surface area contributed by atoms with Crippen molar-refractivity contribution in [2.75, 3.05) is 0 Å². The molecule has 8 aliphatic rings. The van der Waals surface area contributed by atoms with Crippen molar-refractivity contribution in [1.82, 2.24) is 4.40 Å². The predicted octanol–water partition coefficient (Wildman–Crippen LogP) is 16.3. The van der Waals surface area contributed by atoms with Crippen molar-refractivity contribution in [1.29, 1.82) is 10.5 Å². The van der Waals surface area contributed by atoms with Crippen LogP contribution in [0.25, 0.3) is 93.4 Å². The fraction of sp³-hybridized carbons (Fsp3) is 0.290. The van der Waals surface area contributed by atoms with Crippen molar-refractivity contribution in [3.8, 4) is 45.5 Å². The molecule has 66 heavy (non-hydrogen) atoms. The van der Waals surface area contributed by atoms with Gasteiger partial charge in [-0.3, -0.25) is 0 Å². The highest BCUT2D eigenvalue weighted by Crippen LogP contribution is 2.62. The second kappa shape index (κ2) is 12.9. The standard InChI is InChI=1S/C62H47N3O/c63-30-43-27-50-59(56-40-21-32-15-33(22-40)18-38(17-32)53(43)56)48-25-42(26-49-60-51(65(50)61(48)49)28-44(31-64)54-39-19-34-16-35(20-39)24-41(23-34)57(54)60)55-46(36-9-3-1-4-10-36)29-47(37-11-5-2-6-12-37)58-45-13-7-8-14-52(45)66-62(55)58/h1-14,25-29,32-35,38-41H,15-24H2. The Hall–Kier alpha value is -6.88. The smallest absolute Gasteiger partial charge is 0.144 e. The van der Waals surface area contributed by atoms with Crippen LogP contribution in [0.5, 0.6) is 0 Å². The summed E-state index contributed by atoms with van der Waals surface area (Å²) in [4.78, 5) is 0. The maximum atomic E-state index is 11.2. The van der Waals surface area contributed by atoms with Crippen molar-refractivity contribution in [2.24, 2.45) is 23.7 Å². The second-order valence-electron chi connectivity index (χ2n) is 21.8. The summed E-state index contributed by atoms with van der Waals surface area (Å²) in [5.74, 6) is 4.66. The fourth-order valence-electron chi connectivity index (χ4n) is 16.5. The highest BCUT2D eigenvalue weighted by Gasteiger charge is 2.47. The lowest BCUT2D eigenvalue weighted by Crippen LogP contribution is -2.25. The molecule has 3 heterocycles. The second-order valence-corrected chi connectivity index (χ2v) is 21.8. The molecule has 8 aliphatic carbocycles. The molecule has 0 aliphatic heterocycles. The van der Waals surface area contributed by atoms with Crippen molar-refractivity contribution in [3.63, 3.8) is 0 Å². The Morgan fingerprint density at radius 3 is 1.42 bits per heavy atom. The number of hydrogen-bond donors (Lipinski definition) is 0. The minimum absolute atomic E-state index is 0.434. The maximum Gasteiger partial charge on any atom is 0.144 e. The number of nitriles is 2. The monoisotopic (exact) mass is 849 g/mol. The van der Waals surface area contributed by atoms with Gasteiger partial charge in [0.05, 0.1) is 39.8 Å². The molecule has 4 atom stereocenters. The Kier molecular flexibility index (Phi) is 7.12. The minimum atomic E-state index is 0.434. The molecule has 4 saturated carbocycles.